The van der Waals surface area contributed by atoms with Crippen molar-refractivity contribution in [2.24, 2.45) is 5.92 Å². The van der Waals surface area contributed by atoms with Crippen molar-refractivity contribution < 1.29 is 0 Å². The summed E-state index contributed by atoms with van der Waals surface area (Å²) in [4.78, 5) is 0. The molecule has 2 fully saturated rings. The van der Waals surface area contributed by atoms with E-state index in [1.807, 2.05) is 0 Å². The molecule has 11 heavy (non-hydrogen) atoms. The summed E-state index contributed by atoms with van der Waals surface area (Å²) < 4.78 is 0. The minimum absolute atomic E-state index is 0.782. The lowest BCUT2D eigenvalue weighted by molar-refractivity contribution is 0.415. The number of hydrogen-bond acceptors (Lipinski definition) is 1. The van der Waals surface area contributed by atoms with E-state index in [1.54, 1.807) is 0 Å². The fraction of sp³-hybridized carbons (Fsp3) is 0.800. The molecule has 0 radical (unpaired) electrons. The number of fused-ring (bicyclic) bond motifs is 1. The van der Waals surface area contributed by atoms with Gasteiger partial charge in [0.15, 0.2) is 0 Å². The maximum absolute atomic E-state index is 4.07. The minimum atomic E-state index is 0.782. The Morgan fingerprint density at radius 3 is 3.09 bits per heavy atom. The topological polar surface area (TPSA) is 12.0 Å². The Kier molecular flexibility index (Phi) is 1.99. The molecule has 1 aliphatic heterocycles. The highest BCUT2D eigenvalue weighted by Gasteiger charge is 2.29. The SMILES string of the molecule is C=C1C[C@H]2CCCCN[C@@H]2C1. The van der Waals surface area contributed by atoms with Crippen LogP contribution >= 0.6 is 0 Å². The minimum Gasteiger partial charge on any atom is -0.313 e. The van der Waals surface area contributed by atoms with Gasteiger partial charge in [0.2, 0.25) is 0 Å². The second kappa shape index (κ2) is 2.98. The van der Waals surface area contributed by atoms with E-state index in [2.05, 4.69) is 11.9 Å². The van der Waals surface area contributed by atoms with E-state index in [4.69, 9.17) is 0 Å². The number of rotatable bonds is 0. The van der Waals surface area contributed by atoms with Crippen molar-refractivity contribution in [1.82, 2.24) is 5.32 Å². The summed E-state index contributed by atoms with van der Waals surface area (Å²) in [6.07, 6.45) is 6.75. The first-order valence-electron chi connectivity index (χ1n) is 4.76. The Bertz CT molecular complexity index is 146. The molecule has 1 saturated heterocycles. The molecule has 1 heteroatoms. The van der Waals surface area contributed by atoms with Crippen LogP contribution in [-0.2, 0) is 0 Å². The highest BCUT2D eigenvalue weighted by atomic mass is 14.9. The average Bonchev–Trinajstić information content (AvgIpc) is 2.17. The second-order valence-electron chi connectivity index (χ2n) is 3.97. The van der Waals surface area contributed by atoms with E-state index in [9.17, 15) is 0 Å². The highest BCUT2D eigenvalue weighted by Crippen LogP contribution is 2.34. The molecule has 1 nitrogen and oxygen atoms in total. The molecule has 0 unspecified atom stereocenters. The van der Waals surface area contributed by atoms with E-state index in [1.165, 1.54) is 44.2 Å². The molecule has 0 aromatic heterocycles. The van der Waals surface area contributed by atoms with Gasteiger partial charge in [0, 0.05) is 6.04 Å². The van der Waals surface area contributed by atoms with Gasteiger partial charge in [-0.25, -0.2) is 0 Å². The lowest BCUT2D eigenvalue weighted by atomic mass is 9.99. The summed E-state index contributed by atoms with van der Waals surface area (Å²) in [5, 5.41) is 3.61. The molecule has 2 aliphatic rings. The van der Waals surface area contributed by atoms with E-state index >= 15 is 0 Å². The van der Waals surface area contributed by atoms with Crippen LogP contribution < -0.4 is 5.32 Å². The van der Waals surface area contributed by atoms with Crippen LogP contribution in [0, 0.1) is 5.92 Å². The highest BCUT2D eigenvalue weighted by molar-refractivity contribution is 5.09. The Hall–Kier alpha value is -0.300. The number of nitrogens with one attached hydrogen (secondary N) is 1. The van der Waals surface area contributed by atoms with E-state index < -0.39 is 0 Å². The van der Waals surface area contributed by atoms with Crippen LogP contribution in [0.15, 0.2) is 12.2 Å². The number of hydrogen-bond donors (Lipinski definition) is 1. The molecular weight excluding hydrogens is 134 g/mol. The van der Waals surface area contributed by atoms with E-state index in [0.717, 1.165) is 12.0 Å². The Labute approximate surface area is 68.9 Å². The van der Waals surface area contributed by atoms with Crippen molar-refractivity contribution in [1.29, 1.82) is 0 Å². The fourth-order valence-corrected chi connectivity index (χ4v) is 2.44. The molecule has 2 rings (SSSR count). The summed E-state index contributed by atoms with van der Waals surface area (Å²) in [6, 6.07) is 0.782. The normalized spacial score (nSPS) is 38.4. The van der Waals surface area contributed by atoms with Gasteiger partial charge in [-0.3, -0.25) is 0 Å². The summed E-state index contributed by atoms with van der Waals surface area (Å²) in [7, 11) is 0. The zero-order chi connectivity index (χ0) is 7.68. The van der Waals surface area contributed by atoms with Crippen molar-refractivity contribution in [3.8, 4) is 0 Å². The van der Waals surface area contributed by atoms with Gasteiger partial charge in [0.05, 0.1) is 0 Å². The molecule has 0 amide bonds. The van der Waals surface area contributed by atoms with Crippen LogP contribution in [-0.4, -0.2) is 12.6 Å². The first-order valence-corrected chi connectivity index (χ1v) is 4.76. The lowest BCUT2D eigenvalue weighted by Crippen LogP contribution is -2.30. The van der Waals surface area contributed by atoms with Crippen molar-refractivity contribution in [3.63, 3.8) is 0 Å². The van der Waals surface area contributed by atoms with Crippen LogP contribution in [0.1, 0.15) is 32.1 Å². The first-order chi connectivity index (χ1) is 5.36. The molecule has 62 valence electrons. The van der Waals surface area contributed by atoms with E-state index in [-0.39, 0.29) is 0 Å². The fourth-order valence-electron chi connectivity index (χ4n) is 2.44. The standard InChI is InChI=1S/C10H17N/c1-8-6-9-4-2-3-5-11-10(9)7-8/h9-11H,1-7H2/t9-,10-/m1/s1. The third-order valence-electron chi connectivity index (χ3n) is 3.04. The molecule has 1 aliphatic carbocycles. The molecule has 0 aromatic carbocycles. The van der Waals surface area contributed by atoms with E-state index in [0.29, 0.717) is 0 Å². The summed E-state index contributed by atoms with van der Waals surface area (Å²) in [5.41, 5.74) is 1.47. The molecule has 0 bridgehead atoms. The van der Waals surface area contributed by atoms with Crippen molar-refractivity contribution in [2.45, 2.75) is 38.1 Å². The van der Waals surface area contributed by atoms with Gasteiger partial charge in [0.1, 0.15) is 0 Å². The lowest BCUT2D eigenvalue weighted by Gasteiger charge is -2.15. The Balaban J connectivity index is 2.01. The van der Waals surface area contributed by atoms with Gasteiger partial charge in [-0.2, -0.15) is 0 Å². The molecule has 0 aromatic rings. The molecule has 1 N–H and O–H groups in total. The van der Waals surface area contributed by atoms with Crippen LogP contribution in [0.3, 0.4) is 0 Å². The van der Waals surface area contributed by atoms with Crippen molar-refractivity contribution in [2.75, 3.05) is 6.54 Å². The molecule has 0 spiro atoms. The van der Waals surface area contributed by atoms with Gasteiger partial charge >= 0.3 is 0 Å². The Morgan fingerprint density at radius 2 is 2.18 bits per heavy atom. The monoisotopic (exact) mass is 151 g/mol. The van der Waals surface area contributed by atoms with Gasteiger partial charge in [0.25, 0.3) is 0 Å². The largest absolute Gasteiger partial charge is 0.313 e. The quantitative estimate of drug-likeness (QED) is 0.523. The smallest absolute Gasteiger partial charge is 0.0135 e. The molecule has 1 heterocycles. The van der Waals surface area contributed by atoms with Gasteiger partial charge < -0.3 is 5.32 Å². The first kappa shape index (κ1) is 7.35. The van der Waals surface area contributed by atoms with Crippen LogP contribution in [0.25, 0.3) is 0 Å². The van der Waals surface area contributed by atoms with Crippen molar-refractivity contribution >= 4 is 0 Å². The van der Waals surface area contributed by atoms with Crippen LogP contribution in [0.2, 0.25) is 0 Å². The van der Waals surface area contributed by atoms with Crippen molar-refractivity contribution in [3.05, 3.63) is 12.2 Å². The molecule has 1 saturated carbocycles. The Morgan fingerprint density at radius 1 is 1.27 bits per heavy atom. The molecule has 2 atom stereocenters. The van der Waals surface area contributed by atoms with Gasteiger partial charge in [-0.15, -0.1) is 0 Å². The van der Waals surface area contributed by atoms with Crippen LogP contribution in [0.5, 0.6) is 0 Å². The average molecular weight is 151 g/mol. The summed E-state index contributed by atoms with van der Waals surface area (Å²) in [6.45, 7) is 5.30. The summed E-state index contributed by atoms with van der Waals surface area (Å²) >= 11 is 0. The van der Waals surface area contributed by atoms with Crippen LogP contribution in [0.4, 0.5) is 0 Å². The molecular formula is C10H17N. The second-order valence-corrected chi connectivity index (χ2v) is 3.97. The predicted octanol–water partition coefficient (Wildman–Crippen LogP) is 2.09. The summed E-state index contributed by atoms with van der Waals surface area (Å²) in [5.74, 6) is 0.921. The zero-order valence-corrected chi connectivity index (χ0v) is 7.10. The predicted molar refractivity (Wildman–Crippen MR) is 47.5 cm³/mol. The maximum atomic E-state index is 4.07. The zero-order valence-electron chi connectivity index (χ0n) is 7.10. The van der Waals surface area contributed by atoms with Gasteiger partial charge in [-0.1, -0.05) is 18.6 Å². The van der Waals surface area contributed by atoms with Gasteiger partial charge in [-0.05, 0) is 38.1 Å². The third-order valence-corrected chi connectivity index (χ3v) is 3.04. The third kappa shape index (κ3) is 1.48. The maximum Gasteiger partial charge on any atom is 0.0135 e.